The lowest BCUT2D eigenvalue weighted by Gasteiger charge is -2.27. The summed E-state index contributed by atoms with van der Waals surface area (Å²) >= 11 is 0. The number of hydrogen-bond donors (Lipinski definition) is 2. The van der Waals surface area contributed by atoms with Crippen LogP contribution in [-0.4, -0.2) is 34.2 Å². The predicted octanol–water partition coefficient (Wildman–Crippen LogP) is 1.17. The number of nitro groups is 1. The third-order valence-corrected chi connectivity index (χ3v) is 2.56. The van der Waals surface area contributed by atoms with Gasteiger partial charge in [-0.25, -0.2) is 4.98 Å². The van der Waals surface area contributed by atoms with Gasteiger partial charge in [0.1, 0.15) is 5.82 Å². The molecule has 0 bridgehead atoms. The van der Waals surface area contributed by atoms with E-state index in [0.717, 1.165) is 0 Å². The van der Waals surface area contributed by atoms with Crippen LogP contribution in [0.4, 0.5) is 17.3 Å². The van der Waals surface area contributed by atoms with Crippen LogP contribution in [0, 0.1) is 10.1 Å². The first-order chi connectivity index (χ1) is 8.47. The molecule has 1 aromatic rings. The van der Waals surface area contributed by atoms with E-state index in [4.69, 9.17) is 10.8 Å². The second kappa shape index (κ2) is 6.15. The fourth-order valence-corrected chi connectivity index (χ4v) is 1.65. The quantitative estimate of drug-likeness (QED) is 0.583. The number of nitrogens with zero attached hydrogens (tertiary/aromatic N) is 3. The molecular formula is C11H18N4O3. The second-order valence-electron chi connectivity index (χ2n) is 4.20. The highest BCUT2D eigenvalue weighted by molar-refractivity contribution is 5.58. The second-order valence-corrected chi connectivity index (χ2v) is 4.20. The van der Waals surface area contributed by atoms with E-state index in [2.05, 4.69) is 4.98 Å². The topological polar surface area (TPSA) is 106 Å². The maximum Gasteiger partial charge on any atom is 0.311 e. The summed E-state index contributed by atoms with van der Waals surface area (Å²) in [6.07, 6.45) is 0.608. The lowest BCUT2D eigenvalue weighted by Crippen LogP contribution is -2.33. The average molecular weight is 254 g/mol. The first-order valence-corrected chi connectivity index (χ1v) is 5.75. The Hall–Kier alpha value is -1.89. The van der Waals surface area contributed by atoms with Crippen LogP contribution in [0.2, 0.25) is 0 Å². The first-order valence-electron chi connectivity index (χ1n) is 5.75. The van der Waals surface area contributed by atoms with E-state index in [1.54, 1.807) is 6.07 Å². The minimum atomic E-state index is -0.556. The molecule has 3 N–H and O–H groups in total. The fraction of sp³-hybridized carbons (Fsp3) is 0.545. The van der Waals surface area contributed by atoms with Crippen molar-refractivity contribution in [2.24, 2.45) is 0 Å². The zero-order valence-corrected chi connectivity index (χ0v) is 10.5. The summed E-state index contributed by atoms with van der Waals surface area (Å²) in [6, 6.07) is 3.10. The van der Waals surface area contributed by atoms with Crippen LogP contribution < -0.4 is 10.6 Å². The number of nitrogen functional groups attached to an aromatic ring is 1. The lowest BCUT2D eigenvalue weighted by molar-refractivity contribution is -0.384. The number of hydrogen-bond acceptors (Lipinski definition) is 6. The van der Waals surface area contributed by atoms with Crippen LogP contribution in [0.3, 0.4) is 0 Å². The van der Waals surface area contributed by atoms with Crippen molar-refractivity contribution >= 4 is 17.3 Å². The molecule has 100 valence electrons. The standard InChI is InChI=1S/C11H18N4O3/c1-8(2)14(6-3-7-16)10-5-4-9(15(17)18)11(12)13-10/h4-5,8,16H,3,6-7H2,1-2H3,(H2,12,13). The molecule has 18 heavy (non-hydrogen) atoms. The van der Waals surface area contributed by atoms with E-state index in [-0.39, 0.29) is 24.2 Å². The summed E-state index contributed by atoms with van der Waals surface area (Å²) in [5.74, 6) is 0.494. The van der Waals surface area contributed by atoms with Gasteiger partial charge >= 0.3 is 5.69 Å². The van der Waals surface area contributed by atoms with Gasteiger partial charge in [0, 0.05) is 25.3 Å². The van der Waals surface area contributed by atoms with Crippen LogP contribution in [-0.2, 0) is 0 Å². The van der Waals surface area contributed by atoms with Crippen molar-refractivity contribution < 1.29 is 10.0 Å². The van der Waals surface area contributed by atoms with Crippen molar-refractivity contribution in [3.8, 4) is 0 Å². The van der Waals surface area contributed by atoms with Gasteiger partial charge in [-0.1, -0.05) is 0 Å². The summed E-state index contributed by atoms with van der Waals surface area (Å²) < 4.78 is 0. The minimum absolute atomic E-state index is 0.0890. The SMILES string of the molecule is CC(C)N(CCCO)c1ccc([N+](=O)[O-])c(N)n1. The monoisotopic (exact) mass is 254 g/mol. The van der Waals surface area contributed by atoms with Crippen molar-refractivity contribution in [1.29, 1.82) is 0 Å². The molecule has 0 saturated carbocycles. The van der Waals surface area contributed by atoms with E-state index < -0.39 is 4.92 Å². The smallest absolute Gasteiger partial charge is 0.311 e. The Morgan fingerprint density at radius 3 is 2.67 bits per heavy atom. The molecule has 0 aliphatic heterocycles. The van der Waals surface area contributed by atoms with Gasteiger partial charge in [-0.05, 0) is 26.3 Å². The van der Waals surface area contributed by atoms with Gasteiger partial charge in [0.2, 0.25) is 5.82 Å². The molecule has 0 unspecified atom stereocenters. The van der Waals surface area contributed by atoms with Crippen molar-refractivity contribution in [3.05, 3.63) is 22.2 Å². The summed E-state index contributed by atoms with van der Waals surface area (Å²) in [4.78, 5) is 16.1. The van der Waals surface area contributed by atoms with E-state index in [1.807, 2.05) is 18.7 Å². The maximum atomic E-state index is 10.6. The van der Waals surface area contributed by atoms with Crippen LogP contribution >= 0.6 is 0 Å². The molecule has 0 aromatic carbocycles. The summed E-state index contributed by atoms with van der Waals surface area (Å²) in [5, 5.41) is 19.5. The number of pyridine rings is 1. The van der Waals surface area contributed by atoms with Gasteiger partial charge < -0.3 is 15.7 Å². The molecule has 7 heteroatoms. The Balaban J connectivity index is 2.99. The zero-order valence-electron chi connectivity index (χ0n) is 10.5. The van der Waals surface area contributed by atoms with E-state index in [0.29, 0.717) is 18.8 Å². The number of aliphatic hydroxyl groups is 1. The molecule has 1 aromatic heterocycles. The Morgan fingerprint density at radius 1 is 1.56 bits per heavy atom. The molecule has 0 atom stereocenters. The molecular weight excluding hydrogens is 236 g/mol. The third kappa shape index (κ3) is 3.30. The Morgan fingerprint density at radius 2 is 2.22 bits per heavy atom. The van der Waals surface area contributed by atoms with Gasteiger partial charge in [0.15, 0.2) is 0 Å². The zero-order chi connectivity index (χ0) is 13.7. The molecule has 0 radical (unpaired) electrons. The van der Waals surface area contributed by atoms with Gasteiger partial charge in [0.05, 0.1) is 4.92 Å². The summed E-state index contributed by atoms with van der Waals surface area (Å²) in [7, 11) is 0. The number of aliphatic hydroxyl groups excluding tert-OH is 1. The van der Waals surface area contributed by atoms with E-state index in [1.165, 1.54) is 6.07 Å². The highest BCUT2D eigenvalue weighted by atomic mass is 16.6. The predicted molar refractivity (Wildman–Crippen MR) is 69.5 cm³/mol. The first kappa shape index (κ1) is 14.2. The normalized spacial score (nSPS) is 10.7. The van der Waals surface area contributed by atoms with Crippen molar-refractivity contribution in [2.45, 2.75) is 26.3 Å². The largest absolute Gasteiger partial charge is 0.396 e. The molecule has 0 saturated heterocycles. The Labute approximate surface area is 105 Å². The average Bonchev–Trinajstić information content (AvgIpc) is 2.28. The lowest BCUT2D eigenvalue weighted by atomic mass is 10.2. The minimum Gasteiger partial charge on any atom is -0.396 e. The summed E-state index contributed by atoms with van der Waals surface area (Å²) in [5.41, 5.74) is 5.37. The number of nitrogens with two attached hydrogens (primary N) is 1. The van der Waals surface area contributed by atoms with Gasteiger partial charge in [0.25, 0.3) is 0 Å². The molecule has 0 spiro atoms. The highest BCUT2D eigenvalue weighted by Crippen LogP contribution is 2.24. The Bertz CT molecular complexity index is 423. The number of rotatable bonds is 6. The molecule has 0 aliphatic rings. The molecule has 7 nitrogen and oxygen atoms in total. The maximum absolute atomic E-state index is 10.6. The van der Waals surface area contributed by atoms with Gasteiger partial charge in [-0.2, -0.15) is 0 Å². The van der Waals surface area contributed by atoms with Crippen LogP contribution in [0.25, 0.3) is 0 Å². The molecule has 1 heterocycles. The molecule has 1 rings (SSSR count). The third-order valence-electron chi connectivity index (χ3n) is 2.56. The highest BCUT2D eigenvalue weighted by Gasteiger charge is 2.17. The van der Waals surface area contributed by atoms with Crippen LogP contribution in [0.5, 0.6) is 0 Å². The summed E-state index contributed by atoms with van der Waals surface area (Å²) in [6.45, 7) is 4.68. The van der Waals surface area contributed by atoms with Gasteiger partial charge in [-0.3, -0.25) is 10.1 Å². The molecule has 0 amide bonds. The molecule has 0 fully saturated rings. The number of anilines is 2. The number of aromatic nitrogens is 1. The van der Waals surface area contributed by atoms with Crippen molar-refractivity contribution in [1.82, 2.24) is 4.98 Å². The van der Waals surface area contributed by atoms with Crippen LogP contribution in [0.1, 0.15) is 20.3 Å². The van der Waals surface area contributed by atoms with Gasteiger partial charge in [-0.15, -0.1) is 0 Å². The van der Waals surface area contributed by atoms with E-state index >= 15 is 0 Å². The van der Waals surface area contributed by atoms with E-state index in [9.17, 15) is 10.1 Å². The van der Waals surface area contributed by atoms with Crippen molar-refractivity contribution in [2.75, 3.05) is 23.8 Å². The van der Waals surface area contributed by atoms with Crippen molar-refractivity contribution in [3.63, 3.8) is 0 Å². The van der Waals surface area contributed by atoms with Crippen LogP contribution in [0.15, 0.2) is 12.1 Å². The Kier molecular flexibility index (Phi) is 4.85. The molecule has 0 aliphatic carbocycles. The fourth-order valence-electron chi connectivity index (χ4n) is 1.65.